The standard InChI is InChI=1S/C30H36FNO2/c1-5-9-24-15-14-23(13-12-22-10-7-6-8-11-22)19-26(24)30(33)32-28(18-21(2)3)25-16-17-29(34-4)27(31)20-25/h6-8,10-11,14-17,19-21,28H,5,9,12-13,18H2,1-4H3,(H,32,33). The van der Waals surface area contributed by atoms with Crippen molar-refractivity contribution in [3.8, 4) is 5.75 Å². The van der Waals surface area contributed by atoms with Crippen LogP contribution in [0.4, 0.5) is 4.39 Å². The summed E-state index contributed by atoms with van der Waals surface area (Å²) in [6.07, 6.45) is 4.32. The summed E-state index contributed by atoms with van der Waals surface area (Å²) in [4.78, 5) is 13.5. The molecule has 0 fully saturated rings. The molecule has 0 spiro atoms. The molecule has 180 valence electrons. The molecule has 1 atom stereocenters. The molecule has 4 heteroatoms. The van der Waals surface area contributed by atoms with Crippen molar-refractivity contribution in [3.63, 3.8) is 0 Å². The summed E-state index contributed by atoms with van der Waals surface area (Å²) >= 11 is 0. The fourth-order valence-electron chi connectivity index (χ4n) is 4.30. The molecule has 34 heavy (non-hydrogen) atoms. The molecule has 0 saturated heterocycles. The molecule has 1 unspecified atom stereocenters. The summed E-state index contributed by atoms with van der Waals surface area (Å²) in [6.45, 7) is 6.32. The first-order chi connectivity index (χ1) is 16.4. The Bertz CT molecular complexity index is 1080. The van der Waals surface area contributed by atoms with E-state index in [-0.39, 0.29) is 17.7 Å². The quantitative estimate of drug-likeness (QED) is 0.331. The molecule has 0 heterocycles. The average Bonchev–Trinajstić information content (AvgIpc) is 2.83. The van der Waals surface area contributed by atoms with E-state index < -0.39 is 5.82 Å². The molecule has 0 aliphatic rings. The Kier molecular flexibility index (Phi) is 9.26. The first-order valence-electron chi connectivity index (χ1n) is 12.2. The SMILES string of the molecule is CCCc1ccc(CCc2ccccc2)cc1C(=O)NC(CC(C)C)c1ccc(OC)c(F)c1. The maximum absolute atomic E-state index is 14.4. The van der Waals surface area contributed by atoms with Crippen LogP contribution in [0.2, 0.25) is 0 Å². The van der Waals surface area contributed by atoms with E-state index in [1.807, 2.05) is 18.2 Å². The van der Waals surface area contributed by atoms with Crippen LogP contribution >= 0.6 is 0 Å². The van der Waals surface area contributed by atoms with Crippen LogP contribution < -0.4 is 10.1 Å². The van der Waals surface area contributed by atoms with Gasteiger partial charge in [0.15, 0.2) is 11.6 Å². The van der Waals surface area contributed by atoms with E-state index in [1.54, 1.807) is 6.07 Å². The number of nitrogens with one attached hydrogen (secondary N) is 1. The fraction of sp³-hybridized carbons (Fsp3) is 0.367. The lowest BCUT2D eigenvalue weighted by Gasteiger charge is -2.23. The summed E-state index contributed by atoms with van der Waals surface area (Å²) in [7, 11) is 1.45. The zero-order valence-corrected chi connectivity index (χ0v) is 20.7. The fourth-order valence-corrected chi connectivity index (χ4v) is 4.30. The molecule has 3 nitrogen and oxygen atoms in total. The molecule has 1 N–H and O–H groups in total. The van der Waals surface area contributed by atoms with E-state index in [0.717, 1.165) is 47.9 Å². The number of aryl methyl sites for hydroxylation is 3. The van der Waals surface area contributed by atoms with E-state index in [1.165, 1.54) is 18.7 Å². The van der Waals surface area contributed by atoms with Gasteiger partial charge in [-0.15, -0.1) is 0 Å². The van der Waals surface area contributed by atoms with Gasteiger partial charge in [-0.3, -0.25) is 4.79 Å². The number of benzene rings is 3. The molecular weight excluding hydrogens is 425 g/mol. The topological polar surface area (TPSA) is 38.3 Å². The Morgan fingerprint density at radius 2 is 1.68 bits per heavy atom. The zero-order valence-electron chi connectivity index (χ0n) is 20.7. The lowest BCUT2D eigenvalue weighted by atomic mass is 9.94. The van der Waals surface area contributed by atoms with E-state index >= 15 is 0 Å². The first kappa shape index (κ1) is 25.5. The Hall–Kier alpha value is -3.14. The number of ether oxygens (including phenoxy) is 1. The van der Waals surface area contributed by atoms with Gasteiger partial charge in [-0.2, -0.15) is 0 Å². The molecular formula is C30H36FNO2. The van der Waals surface area contributed by atoms with E-state index in [9.17, 15) is 9.18 Å². The molecule has 0 radical (unpaired) electrons. The predicted octanol–water partition coefficient (Wildman–Crippen LogP) is 7.09. The Balaban J connectivity index is 1.84. The van der Waals surface area contributed by atoms with Crippen molar-refractivity contribution in [3.05, 3.63) is 100 Å². The summed E-state index contributed by atoms with van der Waals surface area (Å²) < 4.78 is 19.5. The highest BCUT2D eigenvalue weighted by atomic mass is 19.1. The van der Waals surface area contributed by atoms with Gasteiger partial charge in [-0.25, -0.2) is 4.39 Å². The summed E-state index contributed by atoms with van der Waals surface area (Å²) in [5, 5.41) is 3.20. The third-order valence-electron chi connectivity index (χ3n) is 6.07. The van der Waals surface area contributed by atoms with Gasteiger partial charge in [0.05, 0.1) is 13.2 Å². The van der Waals surface area contributed by atoms with Crippen LogP contribution in [-0.2, 0) is 19.3 Å². The molecule has 3 aromatic rings. The third kappa shape index (κ3) is 6.93. The van der Waals surface area contributed by atoms with E-state index in [2.05, 4.69) is 62.5 Å². The highest BCUT2D eigenvalue weighted by Crippen LogP contribution is 2.27. The molecule has 0 bridgehead atoms. The predicted molar refractivity (Wildman–Crippen MR) is 137 cm³/mol. The van der Waals surface area contributed by atoms with Gasteiger partial charge in [-0.05, 0) is 72.1 Å². The number of hydrogen-bond donors (Lipinski definition) is 1. The van der Waals surface area contributed by atoms with Crippen molar-refractivity contribution in [1.29, 1.82) is 0 Å². The van der Waals surface area contributed by atoms with Gasteiger partial charge >= 0.3 is 0 Å². The maximum atomic E-state index is 14.4. The summed E-state index contributed by atoms with van der Waals surface area (Å²) in [5.41, 5.74) is 4.94. The normalized spacial score (nSPS) is 11.9. The van der Waals surface area contributed by atoms with Crippen molar-refractivity contribution in [2.75, 3.05) is 7.11 Å². The zero-order chi connectivity index (χ0) is 24.5. The van der Waals surface area contributed by atoms with Crippen LogP contribution in [0.15, 0.2) is 66.7 Å². The number of rotatable bonds is 11. The number of halogens is 1. The molecule has 1 amide bonds. The molecule has 0 saturated carbocycles. The summed E-state index contributed by atoms with van der Waals surface area (Å²) in [5.74, 6) is 0.0157. The largest absolute Gasteiger partial charge is 0.494 e. The second kappa shape index (κ2) is 12.4. The van der Waals surface area contributed by atoms with E-state index in [0.29, 0.717) is 12.3 Å². The van der Waals surface area contributed by atoms with Gasteiger partial charge in [0.1, 0.15) is 0 Å². The molecule has 3 aromatic carbocycles. The Morgan fingerprint density at radius 3 is 2.32 bits per heavy atom. The molecule has 0 aromatic heterocycles. The van der Waals surface area contributed by atoms with Crippen LogP contribution in [0.1, 0.15) is 72.3 Å². The van der Waals surface area contributed by atoms with E-state index in [4.69, 9.17) is 4.74 Å². The van der Waals surface area contributed by atoms with Gasteiger partial charge in [0.2, 0.25) is 0 Å². The Labute approximate surface area is 203 Å². The van der Waals surface area contributed by atoms with Crippen molar-refractivity contribution in [1.82, 2.24) is 5.32 Å². The van der Waals surface area contributed by atoms with Gasteiger partial charge < -0.3 is 10.1 Å². The molecule has 0 aliphatic carbocycles. The van der Waals surface area contributed by atoms with Crippen LogP contribution in [0.5, 0.6) is 5.75 Å². The lowest BCUT2D eigenvalue weighted by molar-refractivity contribution is 0.0930. The van der Waals surface area contributed by atoms with Gasteiger partial charge in [0.25, 0.3) is 5.91 Å². The highest BCUT2D eigenvalue weighted by molar-refractivity contribution is 5.96. The van der Waals surface area contributed by atoms with Gasteiger partial charge in [-0.1, -0.05) is 75.7 Å². The number of methoxy groups -OCH3 is 1. The van der Waals surface area contributed by atoms with Crippen LogP contribution in [0.3, 0.4) is 0 Å². The van der Waals surface area contributed by atoms with Crippen molar-refractivity contribution in [2.24, 2.45) is 5.92 Å². The second-order valence-electron chi connectivity index (χ2n) is 9.28. The maximum Gasteiger partial charge on any atom is 0.252 e. The Morgan fingerprint density at radius 1 is 0.941 bits per heavy atom. The number of carbonyl (C=O) groups is 1. The smallest absolute Gasteiger partial charge is 0.252 e. The molecule has 3 rings (SSSR count). The minimum atomic E-state index is -0.419. The average molecular weight is 462 g/mol. The number of hydrogen-bond acceptors (Lipinski definition) is 2. The minimum Gasteiger partial charge on any atom is -0.494 e. The second-order valence-corrected chi connectivity index (χ2v) is 9.28. The number of carbonyl (C=O) groups excluding carboxylic acids is 1. The lowest BCUT2D eigenvalue weighted by Crippen LogP contribution is -2.30. The monoisotopic (exact) mass is 461 g/mol. The van der Waals surface area contributed by atoms with Crippen LogP contribution in [0.25, 0.3) is 0 Å². The van der Waals surface area contributed by atoms with Crippen molar-refractivity contribution in [2.45, 2.75) is 58.9 Å². The third-order valence-corrected chi connectivity index (χ3v) is 6.07. The molecule has 0 aliphatic heterocycles. The van der Waals surface area contributed by atoms with Crippen LogP contribution in [-0.4, -0.2) is 13.0 Å². The first-order valence-corrected chi connectivity index (χ1v) is 12.2. The minimum absolute atomic E-state index is 0.105. The van der Waals surface area contributed by atoms with Crippen molar-refractivity contribution >= 4 is 5.91 Å². The van der Waals surface area contributed by atoms with Gasteiger partial charge in [0, 0.05) is 5.56 Å². The highest BCUT2D eigenvalue weighted by Gasteiger charge is 2.21. The number of amides is 1. The summed E-state index contributed by atoms with van der Waals surface area (Å²) in [6, 6.07) is 21.3. The van der Waals surface area contributed by atoms with Crippen molar-refractivity contribution < 1.29 is 13.9 Å². The van der Waals surface area contributed by atoms with Crippen LogP contribution in [0, 0.1) is 11.7 Å².